The van der Waals surface area contributed by atoms with Gasteiger partial charge in [0.15, 0.2) is 18.1 Å². The molecule has 29 heavy (non-hydrogen) atoms. The zero-order chi connectivity index (χ0) is 21.6. The quantitative estimate of drug-likeness (QED) is 0.642. The Balaban J connectivity index is 1.98. The molecule has 0 saturated heterocycles. The first kappa shape index (κ1) is 22.6. The molecule has 0 aromatic heterocycles. The number of amides is 1. The Morgan fingerprint density at radius 2 is 1.86 bits per heavy atom. The zero-order valence-electron chi connectivity index (χ0n) is 17.3. The van der Waals surface area contributed by atoms with Crippen LogP contribution in [0.25, 0.3) is 0 Å². The summed E-state index contributed by atoms with van der Waals surface area (Å²) in [5.74, 6) is -0.400. The number of esters is 1. The van der Waals surface area contributed by atoms with Crippen LogP contribution in [0, 0.1) is 13.8 Å². The van der Waals surface area contributed by atoms with Gasteiger partial charge < -0.3 is 19.5 Å². The van der Waals surface area contributed by atoms with Crippen LogP contribution in [0.3, 0.4) is 0 Å². The summed E-state index contributed by atoms with van der Waals surface area (Å²) < 4.78 is 15.8. The van der Waals surface area contributed by atoms with Gasteiger partial charge in [-0.2, -0.15) is 0 Å². The van der Waals surface area contributed by atoms with E-state index in [1.807, 2.05) is 45.9 Å². The average Bonchev–Trinajstić information content (AvgIpc) is 2.69. The van der Waals surface area contributed by atoms with E-state index in [-0.39, 0.29) is 16.6 Å². The highest BCUT2D eigenvalue weighted by molar-refractivity contribution is 6.32. The monoisotopic (exact) mass is 419 g/mol. The van der Waals surface area contributed by atoms with E-state index in [9.17, 15) is 9.59 Å². The van der Waals surface area contributed by atoms with Crippen LogP contribution in [0.4, 0.5) is 0 Å². The van der Waals surface area contributed by atoms with E-state index in [2.05, 4.69) is 5.32 Å². The minimum Gasteiger partial charge on any atom is -0.493 e. The van der Waals surface area contributed by atoms with Crippen LogP contribution in [0.5, 0.6) is 11.5 Å². The number of methoxy groups -OCH3 is 1. The van der Waals surface area contributed by atoms with Gasteiger partial charge in [0, 0.05) is 0 Å². The molecule has 0 spiro atoms. The third-order valence-corrected chi connectivity index (χ3v) is 4.78. The predicted molar refractivity (Wildman–Crippen MR) is 112 cm³/mol. The Bertz CT molecular complexity index is 897. The maximum atomic E-state index is 12.3. The van der Waals surface area contributed by atoms with Gasteiger partial charge in [0.2, 0.25) is 0 Å². The van der Waals surface area contributed by atoms with Crippen LogP contribution < -0.4 is 14.8 Å². The molecule has 1 atom stereocenters. The molecule has 0 aliphatic carbocycles. The Labute approximate surface area is 176 Å². The number of carbonyl (C=O) groups excluding carboxylic acids is 2. The summed E-state index contributed by atoms with van der Waals surface area (Å²) in [4.78, 5) is 24.5. The number of carbonyl (C=O) groups is 2. The molecule has 2 aromatic rings. The standard InChI is InChI=1S/C22H26ClNO5/c1-6-28-21-18(23)10-17(11-19(21)27-5)22(26)29-12-20(25)24-15(4)16-8-7-13(2)14(3)9-16/h7-11,15H,6,12H2,1-5H3,(H,24,25)/t15-/m1/s1. The number of rotatable bonds is 8. The van der Waals surface area contributed by atoms with Crippen molar-refractivity contribution in [2.45, 2.75) is 33.7 Å². The van der Waals surface area contributed by atoms with Crippen LogP contribution in [0.2, 0.25) is 5.02 Å². The van der Waals surface area contributed by atoms with Gasteiger partial charge in [0.1, 0.15) is 0 Å². The van der Waals surface area contributed by atoms with Gasteiger partial charge >= 0.3 is 5.97 Å². The molecular weight excluding hydrogens is 394 g/mol. The third-order valence-electron chi connectivity index (χ3n) is 4.50. The van der Waals surface area contributed by atoms with Gasteiger partial charge in [-0.15, -0.1) is 0 Å². The number of nitrogens with one attached hydrogen (secondary N) is 1. The van der Waals surface area contributed by atoms with E-state index >= 15 is 0 Å². The molecule has 0 saturated carbocycles. The van der Waals surface area contributed by atoms with E-state index in [0.717, 1.165) is 11.1 Å². The maximum absolute atomic E-state index is 12.3. The first-order valence-electron chi connectivity index (χ1n) is 9.30. The lowest BCUT2D eigenvalue weighted by atomic mass is 10.0. The molecule has 7 heteroatoms. The summed E-state index contributed by atoms with van der Waals surface area (Å²) in [6.07, 6.45) is 0. The molecule has 0 radical (unpaired) electrons. The highest BCUT2D eigenvalue weighted by Crippen LogP contribution is 2.36. The van der Waals surface area contributed by atoms with Crippen molar-refractivity contribution in [3.05, 3.63) is 57.6 Å². The predicted octanol–water partition coefficient (Wildman–Crippen LogP) is 4.40. The first-order chi connectivity index (χ1) is 13.8. The molecule has 2 aromatic carbocycles. The van der Waals surface area contributed by atoms with Crippen LogP contribution in [-0.4, -0.2) is 32.2 Å². The number of benzene rings is 2. The van der Waals surface area contributed by atoms with Gasteiger partial charge in [-0.1, -0.05) is 29.8 Å². The lowest BCUT2D eigenvalue weighted by Gasteiger charge is -2.16. The van der Waals surface area contributed by atoms with E-state index in [4.69, 9.17) is 25.8 Å². The largest absolute Gasteiger partial charge is 0.493 e. The van der Waals surface area contributed by atoms with Crippen molar-refractivity contribution in [2.24, 2.45) is 0 Å². The summed E-state index contributed by atoms with van der Waals surface area (Å²) in [7, 11) is 1.45. The highest BCUT2D eigenvalue weighted by Gasteiger charge is 2.18. The van der Waals surface area contributed by atoms with E-state index in [1.165, 1.54) is 24.8 Å². The Morgan fingerprint density at radius 1 is 1.14 bits per heavy atom. The first-order valence-corrected chi connectivity index (χ1v) is 9.68. The summed E-state index contributed by atoms with van der Waals surface area (Å²) in [5.41, 5.74) is 3.49. The molecule has 0 aliphatic rings. The van der Waals surface area contributed by atoms with E-state index in [1.54, 1.807) is 0 Å². The van der Waals surface area contributed by atoms with E-state index in [0.29, 0.717) is 18.1 Å². The number of hydrogen-bond donors (Lipinski definition) is 1. The second kappa shape index (κ2) is 10.2. The minimum absolute atomic E-state index is 0.172. The van der Waals surface area contributed by atoms with Crippen molar-refractivity contribution in [1.29, 1.82) is 0 Å². The molecule has 2 rings (SSSR count). The molecule has 0 heterocycles. The fourth-order valence-corrected chi connectivity index (χ4v) is 3.00. The number of hydrogen-bond acceptors (Lipinski definition) is 5. The van der Waals surface area contributed by atoms with Crippen LogP contribution in [-0.2, 0) is 9.53 Å². The van der Waals surface area contributed by atoms with E-state index < -0.39 is 18.5 Å². The molecule has 0 fully saturated rings. The lowest BCUT2D eigenvalue weighted by Crippen LogP contribution is -2.31. The number of aryl methyl sites for hydroxylation is 2. The molecule has 0 aliphatic heterocycles. The Morgan fingerprint density at radius 3 is 2.48 bits per heavy atom. The van der Waals surface area contributed by atoms with Gasteiger partial charge in [-0.25, -0.2) is 4.79 Å². The molecule has 156 valence electrons. The van der Waals surface area contributed by atoms with Gasteiger partial charge in [-0.05, 0) is 56.5 Å². The van der Waals surface area contributed by atoms with Crippen molar-refractivity contribution in [1.82, 2.24) is 5.32 Å². The van der Waals surface area contributed by atoms with Gasteiger partial charge in [0.25, 0.3) is 5.91 Å². The van der Waals surface area contributed by atoms with Crippen molar-refractivity contribution in [2.75, 3.05) is 20.3 Å². The summed E-state index contributed by atoms with van der Waals surface area (Å²) in [5, 5.41) is 3.05. The van der Waals surface area contributed by atoms with Crippen LogP contribution in [0.1, 0.15) is 46.9 Å². The molecular formula is C22H26ClNO5. The number of ether oxygens (including phenoxy) is 3. The molecule has 1 N–H and O–H groups in total. The lowest BCUT2D eigenvalue weighted by molar-refractivity contribution is -0.124. The normalized spacial score (nSPS) is 11.5. The molecule has 0 bridgehead atoms. The molecule has 1 amide bonds. The van der Waals surface area contributed by atoms with Gasteiger partial charge in [0.05, 0.1) is 30.3 Å². The second-order valence-corrected chi connectivity index (χ2v) is 7.04. The summed E-state index contributed by atoms with van der Waals surface area (Å²) in [6, 6.07) is 8.69. The van der Waals surface area contributed by atoms with Crippen molar-refractivity contribution < 1.29 is 23.8 Å². The third kappa shape index (κ3) is 5.87. The summed E-state index contributed by atoms with van der Waals surface area (Å²) >= 11 is 6.17. The highest BCUT2D eigenvalue weighted by atomic mass is 35.5. The van der Waals surface area contributed by atoms with Crippen molar-refractivity contribution >= 4 is 23.5 Å². The zero-order valence-corrected chi connectivity index (χ0v) is 18.1. The summed E-state index contributed by atoms with van der Waals surface area (Å²) in [6.45, 7) is 7.74. The Hall–Kier alpha value is -2.73. The van der Waals surface area contributed by atoms with Crippen LogP contribution in [0.15, 0.2) is 30.3 Å². The maximum Gasteiger partial charge on any atom is 0.338 e. The minimum atomic E-state index is -0.678. The topological polar surface area (TPSA) is 73.9 Å². The fourth-order valence-electron chi connectivity index (χ4n) is 2.74. The fraction of sp³-hybridized carbons (Fsp3) is 0.364. The molecule has 0 unspecified atom stereocenters. The Kier molecular flexibility index (Phi) is 7.91. The van der Waals surface area contributed by atoms with Crippen molar-refractivity contribution in [3.63, 3.8) is 0 Å². The average molecular weight is 420 g/mol. The van der Waals surface area contributed by atoms with Crippen LogP contribution >= 0.6 is 11.6 Å². The van der Waals surface area contributed by atoms with Gasteiger partial charge in [-0.3, -0.25) is 4.79 Å². The second-order valence-electron chi connectivity index (χ2n) is 6.63. The number of halogens is 1. The molecule has 6 nitrogen and oxygen atoms in total. The SMILES string of the molecule is CCOc1c(Cl)cc(C(=O)OCC(=O)N[C@H](C)c2ccc(C)c(C)c2)cc1OC. The van der Waals surface area contributed by atoms with Crippen molar-refractivity contribution in [3.8, 4) is 11.5 Å². The smallest absolute Gasteiger partial charge is 0.338 e.